The molecule has 0 spiro atoms. The topological polar surface area (TPSA) is 201 Å². The Bertz CT molecular complexity index is 2330. The molecule has 0 radical (unpaired) electrons. The van der Waals surface area contributed by atoms with Gasteiger partial charge in [-0.2, -0.15) is 5.26 Å². The Morgan fingerprint density at radius 1 is 0.845 bits per heavy atom. The van der Waals surface area contributed by atoms with Gasteiger partial charge in [0, 0.05) is 80.7 Å². The number of nitrogens with two attached hydrogens (primary N) is 1. The number of carbonyl (C=O) groups is 5. The van der Waals surface area contributed by atoms with Crippen molar-refractivity contribution in [2.45, 2.75) is 82.1 Å². The van der Waals surface area contributed by atoms with Crippen LogP contribution in [-0.4, -0.2) is 140 Å². The van der Waals surface area contributed by atoms with Crippen LogP contribution in [0.15, 0.2) is 85.5 Å². The number of amides is 3. The fourth-order valence-corrected chi connectivity index (χ4v) is 8.12. The van der Waals surface area contributed by atoms with E-state index in [2.05, 4.69) is 33.0 Å². The van der Waals surface area contributed by atoms with Crippen LogP contribution in [0, 0.1) is 17.2 Å². The van der Waals surface area contributed by atoms with E-state index in [1.807, 2.05) is 42.5 Å². The summed E-state index contributed by atoms with van der Waals surface area (Å²) in [7, 11) is 3.76. The van der Waals surface area contributed by atoms with Gasteiger partial charge in [-0.05, 0) is 92.9 Å². The second-order valence-electron chi connectivity index (χ2n) is 17.5. The first-order valence-electron chi connectivity index (χ1n) is 23.6. The minimum atomic E-state index is -3.13. The molecule has 2 saturated heterocycles. The SMILES string of the molecule is CN(CCCOc1ccc(-c2cnccc2CC=O)cc1)CCCOc1ccc(-c2cnccc2C(=O)NCC(=O)N2CC(F)(F)CC2C#N)cc1.CN1CCC(F)(F)C1.NC=O.O=CC1CCCCC1. The van der Waals surface area contributed by atoms with Gasteiger partial charge in [-0.1, -0.05) is 43.5 Å². The number of likely N-dealkylation sites (tertiary alicyclic amines) is 2. The lowest BCUT2D eigenvalue weighted by Gasteiger charge is -2.19. The average Bonchev–Trinajstić information content (AvgIpc) is 3.89. The molecule has 3 N–H and O–H groups in total. The second kappa shape index (κ2) is 29.4. The van der Waals surface area contributed by atoms with Crippen LogP contribution in [0.5, 0.6) is 11.5 Å². The summed E-state index contributed by atoms with van der Waals surface area (Å²) in [6.07, 6.45) is 16.2. The number of nitrogens with zero attached hydrogens (tertiary/aromatic N) is 6. The largest absolute Gasteiger partial charge is 0.494 e. The Morgan fingerprint density at radius 2 is 1.41 bits per heavy atom. The van der Waals surface area contributed by atoms with Crippen LogP contribution >= 0.6 is 0 Å². The summed E-state index contributed by atoms with van der Waals surface area (Å²) < 4.78 is 63.7. The smallest absolute Gasteiger partial charge is 0.268 e. The number of aromatic nitrogens is 2. The first-order chi connectivity index (χ1) is 34.1. The monoisotopic (exact) mass is 988 g/mol. The third-order valence-corrected chi connectivity index (χ3v) is 11.9. The lowest BCUT2D eigenvalue weighted by molar-refractivity contribution is -0.131. The molecular formula is C52H64F4N8O7. The first-order valence-corrected chi connectivity index (χ1v) is 23.6. The molecule has 4 aromatic rings. The van der Waals surface area contributed by atoms with Crippen LogP contribution in [0.2, 0.25) is 0 Å². The Labute approximate surface area is 412 Å². The van der Waals surface area contributed by atoms with Crippen molar-refractivity contribution >= 4 is 30.8 Å². The highest BCUT2D eigenvalue weighted by atomic mass is 19.3. The van der Waals surface area contributed by atoms with Gasteiger partial charge in [0.05, 0.1) is 44.5 Å². The average molecular weight is 989 g/mol. The van der Waals surface area contributed by atoms with Crippen molar-refractivity contribution < 1.29 is 51.0 Å². The number of aldehydes is 2. The lowest BCUT2D eigenvalue weighted by Crippen LogP contribution is -2.43. The number of benzene rings is 2. The third kappa shape index (κ3) is 19.5. The van der Waals surface area contributed by atoms with Gasteiger partial charge in [0.2, 0.25) is 12.3 Å². The van der Waals surface area contributed by atoms with E-state index in [1.165, 1.54) is 37.7 Å². The zero-order valence-corrected chi connectivity index (χ0v) is 40.3. The number of rotatable bonds is 18. The number of primary amides is 1. The summed E-state index contributed by atoms with van der Waals surface area (Å²) in [6, 6.07) is 18.9. The summed E-state index contributed by atoms with van der Waals surface area (Å²) in [6.45, 7) is 1.91. The van der Waals surface area contributed by atoms with Crippen LogP contribution in [0.1, 0.15) is 73.7 Å². The van der Waals surface area contributed by atoms with E-state index in [0.29, 0.717) is 49.0 Å². The summed E-state index contributed by atoms with van der Waals surface area (Å²) >= 11 is 0. The van der Waals surface area contributed by atoms with Crippen molar-refractivity contribution in [2.75, 3.05) is 66.6 Å². The number of halogens is 4. The van der Waals surface area contributed by atoms with Gasteiger partial charge in [-0.15, -0.1) is 0 Å². The molecular weight excluding hydrogens is 925 g/mol. The Morgan fingerprint density at radius 3 is 1.90 bits per heavy atom. The van der Waals surface area contributed by atoms with E-state index >= 15 is 0 Å². The standard InChI is InChI=1S/C39H40F2N6O5.C7H12O.C5H9F2N.CH3NO/c1-46(17-2-20-51-32-8-4-28(5-9-32)35-24-43-15-12-30(35)14-19-48)18-3-21-52-33-10-6-29(7-11-33)36-25-44-16-13-34(36)38(50)45-26-37(49)47-27-39(40,41)22-31(47)23-42;8-6-7-4-2-1-3-5-7;1-8-3-2-5(6,7)4-8;2-1-3/h4-13,15-16,19,24-25,31H,2-3,14,17-18,20-22,26-27H2,1H3,(H,45,50);6-7H,1-5H2;2-4H2,1H3;1H,(H2,2,3). The maximum absolute atomic E-state index is 13.7. The molecule has 1 saturated carbocycles. The number of pyridine rings is 2. The van der Waals surface area contributed by atoms with Crippen molar-refractivity contribution in [3.63, 3.8) is 0 Å². The Hall–Kier alpha value is -6.78. The molecule has 1 aliphatic carbocycles. The molecule has 3 amide bonds. The molecule has 7 rings (SSSR count). The van der Waals surface area contributed by atoms with E-state index in [0.717, 1.165) is 78.7 Å². The summed E-state index contributed by atoms with van der Waals surface area (Å²) in [4.78, 5) is 68.3. The highest BCUT2D eigenvalue weighted by Gasteiger charge is 2.47. The fraction of sp³-hybridized carbons (Fsp3) is 0.462. The summed E-state index contributed by atoms with van der Waals surface area (Å²) in [5, 5.41) is 11.6. The van der Waals surface area contributed by atoms with Gasteiger partial charge >= 0.3 is 0 Å². The van der Waals surface area contributed by atoms with E-state index in [9.17, 15) is 36.7 Å². The number of hydrogen-bond donors (Lipinski definition) is 2. The molecule has 4 heterocycles. The number of nitrogens with one attached hydrogen (secondary N) is 1. The van der Waals surface area contributed by atoms with Crippen LogP contribution < -0.4 is 20.5 Å². The molecule has 2 aromatic carbocycles. The van der Waals surface area contributed by atoms with E-state index in [1.54, 1.807) is 42.5 Å². The molecule has 1 unspecified atom stereocenters. The van der Waals surface area contributed by atoms with Crippen LogP contribution in [0.25, 0.3) is 22.3 Å². The quantitative estimate of drug-likeness (QED) is 0.0587. The van der Waals surface area contributed by atoms with Crippen LogP contribution in [0.3, 0.4) is 0 Å². The van der Waals surface area contributed by atoms with Crippen molar-refractivity contribution in [3.8, 4) is 39.8 Å². The van der Waals surface area contributed by atoms with Crippen molar-refractivity contribution in [3.05, 3.63) is 96.6 Å². The molecule has 2 aliphatic heterocycles. The van der Waals surface area contributed by atoms with Gasteiger partial charge in [0.1, 0.15) is 30.1 Å². The number of alkyl halides is 4. The van der Waals surface area contributed by atoms with Crippen LogP contribution in [-0.2, 0) is 25.6 Å². The van der Waals surface area contributed by atoms with Crippen molar-refractivity contribution in [1.29, 1.82) is 5.26 Å². The lowest BCUT2D eigenvalue weighted by atomic mass is 9.91. The van der Waals surface area contributed by atoms with E-state index in [4.69, 9.17) is 19.5 Å². The van der Waals surface area contributed by atoms with Crippen molar-refractivity contribution in [2.24, 2.45) is 11.7 Å². The molecule has 3 fully saturated rings. The van der Waals surface area contributed by atoms with Gasteiger partial charge < -0.3 is 44.8 Å². The number of carbonyl (C=O) groups excluding carboxylic acids is 5. The molecule has 15 nitrogen and oxygen atoms in total. The van der Waals surface area contributed by atoms with Gasteiger partial charge in [0.15, 0.2) is 0 Å². The molecule has 0 bridgehead atoms. The Balaban J connectivity index is 0.000000478. The van der Waals surface area contributed by atoms with E-state index in [-0.39, 0.29) is 24.9 Å². The summed E-state index contributed by atoms with van der Waals surface area (Å²) in [5.41, 5.74) is 8.52. The predicted molar refractivity (Wildman–Crippen MR) is 260 cm³/mol. The van der Waals surface area contributed by atoms with Crippen molar-refractivity contribution in [1.82, 2.24) is 30.0 Å². The second-order valence-corrected chi connectivity index (χ2v) is 17.5. The minimum absolute atomic E-state index is 0.0312. The van der Waals surface area contributed by atoms with E-state index < -0.39 is 49.2 Å². The fourth-order valence-electron chi connectivity index (χ4n) is 8.12. The summed E-state index contributed by atoms with van der Waals surface area (Å²) in [5.74, 6) is -5.00. The maximum Gasteiger partial charge on any atom is 0.268 e. The third-order valence-electron chi connectivity index (χ3n) is 11.9. The normalized spacial score (nSPS) is 16.9. The Kier molecular flexibility index (Phi) is 23.5. The molecule has 3 aliphatic rings. The molecule has 382 valence electrons. The molecule has 19 heteroatoms. The predicted octanol–water partition coefficient (Wildman–Crippen LogP) is 7.04. The highest BCUT2D eigenvalue weighted by Crippen LogP contribution is 2.32. The number of hydrogen-bond acceptors (Lipinski definition) is 12. The first kappa shape index (κ1) is 56.8. The van der Waals surface area contributed by atoms with Gasteiger partial charge in [-0.3, -0.25) is 24.4 Å². The number of ether oxygens (including phenoxy) is 2. The number of nitriles is 1. The minimum Gasteiger partial charge on any atom is -0.494 e. The van der Waals surface area contributed by atoms with Crippen LogP contribution in [0.4, 0.5) is 17.6 Å². The zero-order valence-electron chi connectivity index (χ0n) is 40.3. The van der Waals surface area contributed by atoms with Gasteiger partial charge in [-0.25, -0.2) is 17.6 Å². The zero-order chi connectivity index (χ0) is 51.7. The molecule has 71 heavy (non-hydrogen) atoms. The highest BCUT2D eigenvalue weighted by molar-refractivity contribution is 6.02. The maximum atomic E-state index is 13.7. The van der Waals surface area contributed by atoms with Gasteiger partial charge in [0.25, 0.3) is 17.8 Å². The molecule has 1 atom stereocenters. The molecule has 2 aromatic heterocycles.